The van der Waals surface area contributed by atoms with E-state index in [1.54, 1.807) is 18.2 Å². The van der Waals surface area contributed by atoms with Crippen LogP contribution in [0.5, 0.6) is 0 Å². The van der Waals surface area contributed by atoms with Gasteiger partial charge in [-0.1, -0.05) is 11.6 Å². The maximum Gasteiger partial charge on any atom is 0.0669 e. The van der Waals surface area contributed by atoms with E-state index in [-0.39, 0.29) is 0 Å². The van der Waals surface area contributed by atoms with Crippen molar-refractivity contribution < 1.29 is 0 Å². The third-order valence-electron chi connectivity index (χ3n) is 1.26. The minimum Gasteiger partial charge on any atom is -0.399 e. The first-order valence-electron chi connectivity index (χ1n) is 3.14. The van der Waals surface area contributed by atoms with E-state index in [4.69, 9.17) is 22.6 Å². The Balaban J connectivity index is 3.01. The average Bonchev–Trinajstić information content (AvgIpc) is 1.85. The first kappa shape index (κ1) is 7.90. The van der Waals surface area contributed by atoms with Crippen LogP contribution in [-0.2, 0) is 6.42 Å². The molecule has 0 aliphatic carbocycles. The fraction of sp³-hybridized carbons (Fsp3) is 0.125. The number of rotatable bonds is 1. The van der Waals surface area contributed by atoms with Crippen molar-refractivity contribution in [2.75, 3.05) is 5.73 Å². The first-order valence-corrected chi connectivity index (χ1v) is 3.52. The molecule has 2 N–H and O–H groups in total. The van der Waals surface area contributed by atoms with E-state index in [9.17, 15) is 0 Å². The standard InChI is InChI=1S/C8H7ClN2/c9-7-3-6(1-2-10)4-8(11)5-7/h3-5H,1,11H2. The third kappa shape index (κ3) is 2.14. The molecule has 0 bridgehead atoms. The van der Waals surface area contributed by atoms with Crippen LogP contribution in [0.1, 0.15) is 5.56 Å². The molecule has 0 radical (unpaired) electrons. The van der Waals surface area contributed by atoms with Gasteiger partial charge in [0.1, 0.15) is 0 Å². The summed E-state index contributed by atoms with van der Waals surface area (Å²) in [6, 6.07) is 7.16. The quantitative estimate of drug-likeness (QED) is 0.649. The van der Waals surface area contributed by atoms with Gasteiger partial charge in [0.05, 0.1) is 12.5 Å². The lowest BCUT2D eigenvalue weighted by atomic mass is 10.1. The molecule has 1 aromatic carbocycles. The summed E-state index contributed by atoms with van der Waals surface area (Å²) >= 11 is 5.70. The summed E-state index contributed by atoms with van der Waals surface area (Å²) in [5, 5.41) is 8.95. The maximum absolute atomic E-state index is 8.37. The molecule has 0 atom stereocenters. The van der Waals surface area contributed by atoms with E-state index >= 15 is 0 Å². The predicted molar refractivity (Wildman–Crippen MR) is 45.2 cm³/mol. The van der Waals surface area contributed by atoms with E-state index in [1.165, 1.54) is 0 Å². The van der Waals surface area contributed by atoms with Crippen LogP contribution < -0.4 is 5.73 Å². The molecular formula is C8H7ClN2. The van der Waals surface area contributed by atoms with Crippen molar-refractivity contribution in [3.8, 4) is 6.07 Å². The monoisotopic (exact) mass is 166 g/mol. The fourth-order valence-corrected chi connectivity index (χ4v) is 1.13. The molecule has 1 aromatic rings. The molecule has 0 saturated heterocycles. The number of hydrogen-bond acceptors (Lipinski definition) is 2. The molecule has 3 heteroatoms. The van der Waals surface area contributed by atoms with Crippen molar-refractivity contribution in [2.45, 2.75) is 6.42 Å². The molecule has 2 nitrogen and oxygen atoms in total. The highest BCUT2D eigenvalue weighted by molar-refractivity contribution is 6.30. The van der Waals surface area contributed by atoms with Crippen molar-refractivity contribution in [1.29, 1.82) is 5.26 Å². The van der Waals surface area contributed by atoms with E-state index in [0.29, 0.717) is 17.1 Å². The summed E-state index contributed by atoms with van der Waals surface area (Å²) in [6.45, 7) is 0. The normalized spacial score (nSPS) is 9.09. The molecule has 0 saturated carbocycles. The molecule has 0 aliphatic heterocycles. The zero-order valence-electron chi connectivity index (χ0n) is 5.84. The topological polar surface area (TPSA) is 49.8 Å². The highest BCUT2D eigenvalue weighted by atomic mass is 35.5. The first-order chi connectivity index (χ1) is 5.22. The number of anilines is 1. The van der Waals surface area contributed by atoms with E-state index in [0.717, 1.165) is 5.56 Å². The SMILES string of the molecule is N#CCc1cc(N)cc(Cl)c1. The number of hydrogen-bond donors (Lipinski definition) is 1. The van der Waals surface area contributed by atoms with Crippen molar-refractivity contribution >= 4 is 17.3 Å². The molecule has 0 spiro atoms. The minimum atomic E-state index is 0.352. The molecule has 0 aliphatic rings. The average molecular weight is 167 g/mol. The summed E-state index contributed by atoms with van der Waals surface area (Å²) in [6.07, 6.45) is 0.352. The lowest BCUT2D eigenvalue weighted by molar-refractivity contribution is 1.26. The van der Waals surface area contributed by atoms with Gasteiger partial charge in [-0.3, -0.25) is 0 Å². The lowest BCUT2D eigenvalue weighted by Gasteiger charge is -1.97. The number of nitriles is 1. The van der Waals surface area contributed by atoms with Crippen LogP contribution in [0, 0.1) is 11.3 Å². The van der Waals surface area contributed by atoms with Gasteiger partial charge in [0, 0.05) is 10.7 Å². The Morgan fingerprint density at radius 1 is 1.45 bits per heavy atom. The Hall–Kier alpha value is -1.20. The van der Waals surface area contributed by atoms with Gasteiger partial charge in [0.2, 0.25) is 0 Å². The van der Waals surface area contributed by atoms with Crippen LogP contribution in [0.25, 0.3) is 0 Å². The largest absolute Gasteiger partial charge is 0.399 e. The molecule has 0 unspecified atom stereocenters. The highest BCUT2D eigenvalue weighted by Gasteiger charge is 1.95. The van der Waals surface area contributed by atoms with Crippen LogP contribution in [0.15, 0.2) is 18.2 Å². The van der Waals surface area contributed by atoms with Crippen LogP contribution in [0.3, 0.4) is 0 Å². The summed E-state index contributed by atoms with van der Waals surface area (Å²) < 4.78 is 0. The van der Waals surface area contributed by atoms with Gasteiger partial charge < -0.3 is 5.73 Å². The molecular weight excluding hydrogens is 160 g/mol. The number of nitrogen functional groups attached to an aromatic ring is 1. The second-order valence-electron chi connectivity index (χ2n) is 2.23. The molecule has 1 rings (SSSR count). The number of benzene rings is 1. The molecule has 0 fully saturated rings. The summed E-state index contributed by atoms with van der Waals surface area (Å²) in [5.41, 5.74) is 6.95. The molecule has 0 aromatic heterocycles. The van der Waals surface area contributed by atoms with Crippen molar-refractivity contribution in [1.82, 2.24) is 0 Å². The van der Waals surface area contributed by atoms with E-state index < -0.39 is 0 Å². The number of nitrogens with two attached hydrogens (primary N) is 1. The third-order valence-corrected chi connectivity index (χ3v) is 1.48. The Labute approximate surface area is 70.2 Å². The second kappa shape index (κ2) is 3.27. The van der Waals surface area contributed by atoms with Gasteiger partial charge in [-0.05, 0) is 23.8 Å². The molecule has 11 heavy (non-hydrogen) atoms. The van der Waals surface area contributed by atoms with Gasteiger partial charge in [-0.15, -0.1) is 0 Å². The molecule has 0 amide bonds. The maximum atomic E-state index is 8.37. The summed E-state index contributed by atoms with van der Waals surface area (Å²) in [5.74, 6) is 0. The smallest absolute Gasteiger partial charge is 0.0669 e. The predicted octanol–water partition coefficient (Wildman–Crippen LogP) is 1.99. The van der Waals surface area contributed by atoms with E-state index in [1.807, 2.05) is 6.07 Å². The Morgan fingerprint density at radius 3 is 2.73 bits per heavy atom. The Kier molecular flexibility index (Phi) is 2.35. The number of nitrogens with zero attached hydrogens (tertiary/aromatic N) is 1. The van der Waals surface area contributed by atoms with Gasteiger partial charge >= 0.3 is 0 Å². The van der Waals surface area contributed by atoms with Crippen LogP contribution in [0.4, 0.5) is 5.69 Å². The molecule has 0 heterocycles. The summed E-state index contributed by atoms with van der Waals surface area (Å²) in [7, 11) is 0. The second-order valence-corrected chi connectivity index (χ2v) is 2.66. The highest BCUT2D eigenvalue weighted by Crippen LogP contribution is 2.16. The van der Waals surface area contributed by atoms with Gasteiger partial charge in [0.25, 0.3) is 0 Å². The van der Waals surface area contributed by atoms with Crippen LogP contribution in [0.2, 0.25) is 5.02 Å². The van der Waals surface area contributed by atoms with E-state index in [2.05, 4.69) is 0 Å². The zero-order chi connectivity index (χ0) is 8.27. The Bertz CT molecular complexity index is 281. The lowest BCUT2D eigenvalue weighted by Crippen LogP contribution is -1.88. The molecule has 56 valence electrons. The van der Waals surface area contributed by atoms with Gasteiger partial charge in [-0.2, -0.15) is 5.26 Å². The van der Waals surface area contributed by atoms with Crippen molar-refractivity contribution in [3.05, 3.63) is 28.8 Å². The number of halogens is 1. The minimum absolute atomic E-state index is 0.352. The van der Waals surface area contributed by atoms with Crippen molar-refractivity contribution in [2.24, 2.45) is 0 Å². The van der Waals surface area contributed by atoms with Crippen molar-refractivity contribution in [3.63, 3.8) is 0 Å². The summed E-state index contributed by atoms with van der Waals surface area (Å²) in [4.78, 5) is 0. The fourth-order valence-electron chi connectivity index (χ4n) is 0.869. The Morgan fingerprint density at radius 2 is 2.18 bits per heavy atom. The van der Waals surface area contributed by atoms with Gasteiger partial charge in [0.15, 0.2) is 0 Å². The van der Waals surface area contributed by atoms with Crippen LogP contribution >= 0.6 is 11.6 Å². The van der Waals surface area contributed by atoms with Gasteiger partial charge in [-0.25, -0.2) is 0 Å². The zero-order valence-corrected chi connectivity index (χ0v) is 6.60. The van der Waals surface area contributed by atoms with Crippen LogP contribution in [-0.4, -0.2) is 0 Å².